The zero-order chi connectivity index (χ0) is 12.5. The van der Waals surface area contributed by atoms with Crippen LogP contribution in [0.3, 0.4) is 0 Å². The van der Waals surface area contributed by atoms with Gasteiger partial charge in [0.1, 0.15) is 0 Å². The molecule has 2 aliphatic rings. The Morgan fingerprint density at radius 1 is 1.29 bits per heavy atom. The summed E-state index contributed by atoms with van der Waals surface area (Å²) < 4.78 is 5.78. The van der Waals surface area contributed by atoms with E-state index in [0.29, 0.717) is 6.61 Å². The summed E-state index contributed by atoms with van der Waals surface area (Å²) in [6.45, 7) is 6.88. The molecule has 100 valence electrons. The molecule has 2 aliphatic carbocycles. The van der Waals surface area contributed by atoms with Crippen LogP contribution < -0.4 is 0 Å². The first kappa shape index (κ1) is 13.4. The fourth-order valence-corrected chi connectivity index (χ4v) is 3.96. The van der Waals surface area contributed by atoms with Gasteiger partial charge in [0.2, 0.25) is 0 Å². The second-order valence-electron chi connectivity index (χ2n) is 6.29. The average Bonchev–Trinajstić information content (AvgIpc) is 2.91. The standard InChI is InChI=1S/C15H28O2/c1-4-15(3,17-5-2)14(16)10-13-9-11-6-7-12(13)8-11/h11-14,16H,4-10H2,1-3H3. The summed E-state index contributed by atoms with van der Waals surface area (Å²) in [7, 11) is 0. The first-order valence-corrected chi connectivity index (χ1v) is 7.41. The molecule has 5 atom stereocenters. The fourth-order valence-electron chi connectivity index (χ4n) is 3.96. The van der Waals surface area contributed by atoms with Crippen LogP contribution in [-0.4, -0.2) is 23.4 Å². The molecule has 0 aromatic heterocycles. The van der Waals surface area contributed by atoms with Gasteiger partial charge in [-0.15, -0.1) is 0 Å². The van der Waals surface area contributed by atoms with E-state index < -0.39 is 0 Å². The van der Waals surface area contributed by atoms with Gasteiger partial charge in [-0.25, -0.2) is 0 Å². The molecule has 2 bridgehead atoms. The maximum Gasteiger partial charge on any atom is 0.0909 e. The van der Waals surface area contributed by atoms with E-state index in [1.165, 1.54) is 25.7 Å². The summed E-state index contributed by atoms with van der Waals surface area (Å²) >= 11 is 0. The van der Waals surface area contributed by atoms with Crippen molar-refractivity contribution in [1.29, 1.82) is 0 Å². The molecule has 0 amide bonds. The topological polar surface area (TPSA) is 29.5 Å². The van der Waals surface area contributed by atoms with Gasteiger partial charge in [-0.3, -0.25) is 0 Å². The molecule has 5 unspecified atom stereocenters. The molecule has 2 fully saturated rings. The summed E-state index contributed by atoms with van der Waals surface area (Å²) in [4.78, 5) is 0. The lowest BCUT2D eigenvalue weighted by atomic mass is 9.80. The third-order valence-electron chi connectivity index (χ3n) is 5.29. The Hall–Kier alpha value is -0.0800. The highest BCUT2D eigenvalue weighted by molar-refractivity contribution is 4.93. The van der Waals surface area contributed by atoms with Crippen molar-refractivity contribution in [1.82, 2.24) is 0 Å². The predicted molar refractivity (Wildman–Crippen MR) is 69.9 cm³/mol. The SMILES string of the molecule is CCOC(C)(CC)C(O)CC1CC2CCC1C2. The van der Waals surface area contributed by atoms with Gasteiger partial charge >= 0.3 is 0 Å². The fraction of sp³-hybridized carbons (Fsp3) is 1.00. The lowest BCUT2D eigenvalue weighted by molar-refractivity contribution is -0.119. The molecule has 0 spiro atoms. The monoisotopic (exact) mass is 240 g/mol. The van der Waals surface area contributed by atoms with Crippen molar-refractivity contribution in [3.63, 3.8) is 0 Å². The van der Waals surface area contributed by atoms with Gasteiger partial charge in [0.05, 0.1) is 11.7 Å². The van der Waals surface area contributed by atoms with Crippen LogP contribution in [-0.2, 0) is 4.74 Å². The zero-order valence-electron chi connectivity index (χ0n) is 11.6. The Morgan fingerprint density at radius 3 is 2.53 bits per heavy atom. The van der Waals surface area contributed by atoms with Crippen LogP contribution >= 0.6 is 0 Å². The minimum atomic E-state index is -0.337. The number of rotatable bonds is 6. The van der Waals surface area contributed by atoms with Crippen LogP contribution in [0.5, 0.6) is 0 Å². The van der Waals surface area contributed by atoms with E-state index in [2.05, 4.69) is 13.8 Å². The molecule has 1 N–H and O–H groups in total. The van der Waals surface area contributed by atoms with Gasteiger partial charge < -0.3 is 9.84 Å². The van der Waals surface area contributed by atoms with E-state index in [1.54, 1.807) is 0 Å². The average molecular weight is 240 g/mol. The lowest BCUT2D eigenvalue weighted by Crippen LogP contribution is -2.43. The lowest BCUT2D eigenvalue weighted by Gasteiger charge is -2.36. The molecule has 0 aromatic rings. The van der Waals surface area contributed by atoms with Crippen molar-refractivity contribution in [2.45, 2.75) is 71.0 Å². The van der Waals surface area contributed by atoms with Crippen molar-refractivity contribution < 1.29 is 9.84 Å². The summed E-state index contributed by atoms with van der Waals surface area (Å²) in [5.74, 6) is 2.63. The third-order valence-corrected chi connectivity index (χ3v) is 5.29. The van der Waals surface area contributed by atoms with Gasteiger partial charge in [0, 0.05) is 6.61 Å². The summed E-state index contributed by atoms with van der Waals surface area (Å²) in [6.07, 6.45) is 7.17. The van der Waals surface area contributed by atoms with Crippen LogP contribution in [0, 0.1) is 17.8 Å². The summed E-state index contributed by atoms with van der Waals surface area (Å²) in [5, 5.41) is 10.5. The quantitative estimate of drug-likeness (QED) is 0.771. The number of fused-ring (bicyclic) bond motifs is 2. The number of ether oxygens (including phenoxy) is 1. The minimum Gasteiger partial charge on any atom is -0.390 e. The Balaban J connectivity index is 1.89. The molecule has 2 nitrogen and oxygen atoms in total. The van der Waals surface area contributed by atoms with E-state index in [-0.39, 0.29) is 11.7 Å². The van der Waals surface area contributed by atoms with E-state index in [0.717, 1.165) is 30.6 Å². The van der Waals surface area contributed by atoms with Crippen molar-refractivity contribution in [2.75, 3.05) is 6.61 Å². The van der Waals surface area contributed by atoms with Crippen LogP contribution in [0.1, 0.15) is 59.3 Å². The molecular formula is C15H28O2. The first-order valence-electron chi connectivity index (χ1n) is 7.41. The summed E-state index contributed by atoms with van der Waals surface area (Å²) in [6, 6.07) is 0. The van der Waals surface area contributed by atoms with Crippen LogP contribution in [0.2, 0.25) is 0 Å². The van der Waals surface area contributed by atoms with Gasteiger partial charge in [-0.05, 0) is 63.7 Å². The Kier molecular flexibility index (Phi) is 4.14. The summed E-state index contributed by atoms with van der Waals surface area (Å²) in [5.41, 5.74) is -0.337. The molecule has 17 heavy (non-hydrogen) atoms. The van der Waals surface area contributed by atoms with Gasteiger partial charge in [0.15, 0.2) is 0 Å². The minimum absolute atomic E-state index is 0.295. The number of hydrogen-bond donors (Lipinski definition) is 1. The molecule has 0 radical (unpaired) electrons. The second kappa shape index (κ2) is 5.27. The Morgan fingerprint density at radius 2 is 2.06 bits per heavy atom. The molecule has 2 heteroatoms. The highest BCUT2D eigenvalue weighted by Crippen LogP contribution is 2.50. The zero-order valence-corrected chi connectivity index (χ0v) is 11.6. The van der Waals surface area contributed by atoms with Crippen molar-refractivity contribution in [3.8, 4) is 0 Å². The molecule has 0 heterocycles. The van der Waals surface area contributed by atoms with E-state index in [1.807, 2.05) is 6.92 Å². The number of aliphatic hydroxyl groups is 1. The molecular weight excluding hydrogens is 212 g/mol. The van der Waals surface area contributed by atoms with Crippen LogP contribution in [0.15, 0.2) is 0 Å². The largest absolute Gasteiger partial charge is 0.390 e. The number of hydrogen-bond acceptors (Lipinski definition) is 2. The van der Waals surface area contributed by atoms with Crippen molar-refractivity contribution >= 4 is 0 Å². The highest BCUT2D eigenvalue weighted by Gasteiger charge is 2.42. The smallest absolute Gasteiger partial charge is 0.0909 e. The molecule has 0 aliphatic heterocycles. The molecule has 0 saturated heterocycles. The first-order chi connectivity index (χ1) is 8.09. The van der Waals surface area contributed by atoms with E-state index >= 15 is 0 Å². The second-order valence-corrected chi connectivity index (χ2v) is 6.29. The molecule has 2 saturated carbocycles. The van der Waals surface area contributed by atoms with E-state index in [4.69, 9.17) is 4.74 Å². The van der Waals surface area contributed by atoms with Crippen LogP contribution in [0.4, 0.5) is 0 Å². The number of aliphatic hydroxyl groups excluding tert-OH is 1. The van der Waals surface area contributed by atoms with E-state index in [9.17, 15) is 5.11 Å². The third kappa shape index (κ3) is 2.68. The van der Waals surface area contributed by atoms with Crippen molar-refractivity contribution in [3.05, 3.63) is 0 Å². The highest BCUT2D eigenvalue weighted by atomic mass is 16.5. The Labute approximate surface area is 106 Å². The molecule has 2 rings (SSSR count). The maximum atomic E-state index is 10.5. The van der Waals surface area contributed by atoms with Gasteiger partial charge in [0.25, 0.3) is 0 Å². The normalized spacial score (nSPS) is 37.1. The van der Waals surface area contributed by atoms with Gasteiger partial charge in [-0.2, -0.15) is 0 Å². The van der Waals surface area contributed by atoms with Crippen molar-refractivity contribution in [2.24, 2.45) is 17.8 Å². The maximum absolute atomic E-state index is 10.5. The Bertz CT molecular complexity index is 253. The van der Waals surface area contributed by atoms with Gasteiger partial charge in [-0.1, -0.05) is 13.3 Å². The van der Waals surface area contributed by atoms with Crippen LogP contribution in [0.25, 0.3) is 0 Å². The molecule has 0 aromatic carbocycles. The predicted octanol–water partition coefficient (Wildman–Crippen LogP) is 3.38.